The number of rotatable bonds is 2. The fraction of sp³-hybridized carbons (Fsp3) is 0.643. The van der Waals surface area contributed by atoms with Gasteiger partial charge in [-0.25, -0.2) is 4.68 Å². The number of fused-ring (bicyclic) bond motifs is 1. The molecule has 4 heterocycles. The van der Waals surface area contributed by atoms with Crippen molar-refractivity contribution in [3.63, 3.8) is 0 Å². The van der Waals surface area contributed by atoms with E-state index >= 15 is 0 Å². The quantitative estimate of drug-likeness (QED) is 0.904. The van der Waals surface area contributed by atoms with E-state index in [9.17, 15) is 0 Å². The maximum atomic E-state index is 4.78. The number of piperidine rings is 1. The Bertz CT molecular complexity index is 623. The van der Waals surface area contributed by atoms with Gasteiger partial charge in [0, 0.05) is 32.9 Å². The summed E-state index contributed by atoms with van der Waals surface area (Å²) in [7, 11) is 1.99. The fourth-order valence-electron chi connectivity index (χ4n) is 3.30. The molecule has 0 bridgehead atoms. The van der Waals surface area contributed by atoms with Crippen molar-refractivity contribution < 1.29 is 0 Å². The first-order valence-electron chi connectivity index (χ1n) is 7.76. The van der Waals surface area contributed by atoms with E-state index < -0.39 is 0 Å². The zero-order chi connectivity index (χ0) is 14.2. The summed E-state index contributed by atoms with van der Waals surface area (Å²) in [5, 5.41) is 12.4. The molecule has 2 aromatic rings. The molecule has 2 aliphatic rings. The number of aryl methyl sites for hydroxylation is 1. The van der Waals surface area contributed by atoms with Gasteiger partial charge in [0.2, 0.25) is 11.9 Å². The highest BCUT2D eigenvalue weighted by atomic mass is 15.5. The van der Waals surface area contributed by atoms with E-state index in [4.69, 9.17) is 10.1 Å². The third kappa shape index (κ3) is 2.16. The van der Waals surface area contributed by atoms with Crippen molar-refractivity contribution in [3.05, 3.63) is 18.0 Å². The largest absolute Gasteiger partial charge is 0.354 e. The van der Waals surface area contributed by atoms with Gasteiger partial charge >= 0.3 is 0 Å². The first kappa shape index (κ1) is 12.7. The van der Waals surface area contributed by atoms with Crippen molar-refractivity contribution in [2.75, 3.05) is 29.9 Å². The van der Waals surface area contributed by atoms with Gasteiger partial charge in [-0.2, -0.15) is 10.1 Å². The Balaban J connectivity index is 1.68. The summed E-state index contributed by atoms with van der Waals surface area (Å²) in [5.74, 6) is 1.75. The maximum Gasteiger partial charge on any atom is 0.246 e. The predicted molar refractivity (Wildman–Crippen MR) is 80.5 cm³/mol. The minimum atomic E-state index is 0.222. The SMILES string of the molecule is Cn1nccc1C1CCNc2nc(N3CCCCC3)nn21. The summed E-state index contributed by atoms with van der Waals surface area (Å²) in [5.41, 5.74) is 1.19. The summed E-state index contributed by atoms with van der Waals surface area (Å²) >= 11 is 0. The maximum absolute atomic E-state index is 4.78. The van der Waals surface area contributed by atoms with E-state index in [1.165, 1.54) is 25.0 Å². The minimum Gasteiger partial charge on any atom is -0.354 e. The molecule has 4 rings (SSSR count). The molecule has 0 aliphatic carbocycles. The summed E-state index contributed by atoms with van der Waals surface area (Å²) in [6.07, 6.45) is 6.65. The van der Waals surface area contributed by atoms with Crippen LogP contribution in [0.2, 0.25) is 0 Å². The molecule has 112 valence electrons. The Morgan fingerprint density at radius 3 is 2.86 bits per heavy atom. The molecule has 1 atom stereocenters. The summed E-state index contributed by atoms with van der Waals surface area (Å²) < 4.78 is 3.96. The Morgan fingerprint density at radius 2 is 2.10 bits per heavy atom. The van der Waals surface area contributed by atoms with Gasteiger partial charge in [-0.3, -0.25) is 4.68 Å². The summed E-state index contributed by atoms with van der Waals surface area (Å²) in [6.45, 7) is 3.06. The van der Waals surface area contributed by atoms with Crippen LogP contribution >= 0.6 is 0 Å². The van der Waals surface area contributed by atoms with Crippen molar-refractivity contribution in [1.29, 1.82) is 0 Å². The minimum absolute atomic E-state index is 0.222. The monoisotopic (exact) mass is 287 g/mol. The van der Waals surface area contributed by atoms with Crippen LogP contribution in [0.5, 0.6) is 0 Å². The van der Waals surface area contributed by atoms with Gasteiger partial charge in [0.25, 0.3) is 0 Å². The molecule has 1 N–H and O–H groups in total. The molecule has 0 spiro atoms. The molecule has 1 fully saturated rings. The zero-order valence-electron chi connectivity index (χ0n) is 12.4. The van der Waals surface area contributed by atoms with E-state index in [2.05, 4.69) is 21.4 Å². The Hall–Kier alpha value is -2.05. The smallest absolute Gasteiger partial charge is 0.246 e. The number of anilines is 2. The molecule has 0 amide bonds. The van der Waals surface area contributed by atoms with Gasteiger partial charge in [0.15, 0.2) is 0 Å². The molecule has 0 aromatic carbocycles. The number of hydrogen-bond acceptors (Lipinski definition) is 5. The van der Waals surface area contributed by atoms with Crippen LogP contribution in [0.3, 0.4) is 0 Å². The average molecular weight is 287 g/mol. The van der Waals surface area contributed by atoms with Gasteiger partial charge in [0.1, 0.15) is 0 Å². The highest BCUT2D eigenvalue weighted by Gasteiger charge is 2.28. The van der Waals surface area contributed by atoms with Crippen LogP contribution in [0.25, 0.3) is 0 Å². The van der Waals surface area contributed by atoms with Crippen molar-refractivity contribution >= 4 is 11.9 Å². The normalized spacial score (nSPS) is 22.0. The van der Waals surface area contributed by atoms with Crippen molar-refractivity contribution in [3.8, 4) is 0 Å². The first-order chi connectivity index (χ1) is 10.3. The lowest BCUT2D eigenvalue weighted by Crippen LogP contribution is -2.30. The third-order valence-corrected chi connectivity index (χ3v) is 4.46. The summed E-state index contributed by atoms with van der Waals surface area (Å²) in [6, 6.07) is 2.29. The third-order valence-electron chi connectivity index (χ3n) is 4.46. The van der Waals surface area contributed by atoms with Gasteiger partial charge in [0.05, 0.1) is 11.7 Å². The highest BCUT2D eigenvalue weighted by molar-refractivity contribution is 5.40. The number of hydrogen-bond donors (Lipinski definition) is 1. The van der Waals surface area contributed by atoms with E-state index in [1.807, 2.05) is 22.6 Å². The van der Waals surface area contributed by atoms with Crippen LogP contribution in [0.15, 0.2) is 12.3 Å². The fourth-order valence-corrected chi connectivity index (χ4v) is 3.30. The topological polar surface area (TPSA) is 63.8 Å². The molecular formula is C14H21N7. The van der Waals surface area contributed by atoms with Crippen LogP contribution in [-0.4, -0.2) is 44.2 Å². The van der Waals surface area contributed by atoms with E-state index in [-0.39, 0.29) is 6.04 Å². The number of nitrogens with zero attached hydrogens (tertiary/aromatic N) is 6. The first-order valence-corrected chi connectivity index (χ1v) is 7.76. The van der Waals surface area contributed by atoms with E-state index in [0.717, 1.165) is 38.0 Å². The average Bonchev–Trinajstić information content (AvgIpc) is 3.14. The number of nitrogens with one attached hydrogen (secondary N) is 1. The van der Waals surface area contributed by atoms with Crippen LogP contribution in [0.1, 0.15) is 37.4 Å². The van der Waals surface area contributed by atoms with Gasteiger partial charge < -0.3 is 10.2 Å². The molecule has 0 saturated carbocycles. The number of aromatic nitrogens is 5. The Labute approximate surface area is 124 Å². The lowest BCUT2D eigenvalue weighted by molar-refractivity contribution is 0.449. The Kier molecular flexibility index (Phi) is 3.05. The van der Waals surface area contributed by atoms with E-state index in [0.29, 0.717) is 0 Å². The van der Waals surface area contributed by atoms with Gasteiger partial charge in [-0.15, -0.1) is 5.10 Å². The second-order valence-corrected chi connectivity index (χ2v) is 5.84. The van der Waals surface area contributed by atoms with Crippen molar-refractivity contribution in [2.45, 2.75) is 31.7 Å². The van der Waals surface area contributed by atoms with Crippen LogP contribution in [0, 0.1) is 0 Å². The molecule has 21 heavy (non-hydrogen) atoms. The lowest BCUT2D eigenvalue weighted by Gasteiger charge is -2.25. The molecule has 0 radical (unpaired) electrons. The molecule has 7 nitrogen and oxygen atoms in total. The molecule has 2 aliphatic heterocycles. The second kappa shape index (κ2) is 5.05. The molecule has 2 aromatic heterocycles. The van der Waals surface area contributed by atoms with Crippen LogP contribution < -0.4 is 10.2 Å². The lowest BCUT2D eigenvalue weighted by atomic mass is 10.1. The van der Waals surface area contributed by atoms with E-state index in [1.54, 1.807) is 0 Å². The molecule has 1 unspecified atom stereocenters. The summed E-state index contributed by atoms with van der Waals surface area (Å²) in [4.78, 5) is 7.00. The van der Waals surface area contributed by atoms with Crippen LogP contribution in [0.4, 0.5) is 11.9 Å². The zero-order valence-corrected chi connectivity index (χ0v) is 12.4. The standard InChI is InChI=1S/C14H21N7/c1-19-11(6-8-16-19)12-5-7-15-13-17-14(18-21(12)13)20-9-3-2-4-10-20/h6,8,12H,2-5,7,9-10H2,1H3,(H,15,17,18). The van der Waals surface area contributed by atoms with Crippen LogP contribution in [-0.2, 0) is 7.05 Å². The van der Waals surface area contributed by atoms with Gasteiger partial charge in [-0.05, 0) is 31.7 Å². The molecular weight excluding hydrogens is 266 g/mol. The molecule has 1 saturated heterocycles. The highest BCUT2D eigenvalue weighted by Crippen LogP contribution is 2.30. The predicted octanol–water partition coefficient (Wildman–Crippen LogP) is 1.41. The van der Waals surface area contributed by atoms with Gasteiger partial charge in [-0.1, -0.05) is 0 Å². The van der Waals surface area contributed by atoms with Crippen molar-refractivity contribution in [2.24, 2.45) is 7.05 Å². The second-order valence-electron chi connectivity index (χ2n) is 5.84. The molecule has 7 heteroatoms. The Morgan fingerprint density at radius 1 is 1.24 bits per heavy atom. The van der Waals surface area contributed by atoms with Crippen molar-refractivity contribution in [1.82, 2.24) is 24.5 Å².